The zero-order valence-corrected chi connectivity index (χ0v) is 30.8. The quantitative estimate of drug-likeness (QED) is 0.181. The van der Waals surface area contributed by atoms with Crippen LogP contribution < -0.4 is 4.90 Å². The standard InChI is InChI=1S/C51H30N4S/c1-2-13-33(14-3-1)49-52-50(35-25-26-40-39-20-8-9-23-45(39)56-46(40)29-35)54-51(53-49)43-30-36(28-34-15-5-6-18-37(34)43)55-44-22-11-17-32-16-10-21-41(47(32)44)42-27-24-31-12-4-7-19-38(31)48(42)55/h1-30H. The molecule has 260 valence electrons. The molecule has 0 unspecified atom stereocenters. The first-order valence-electron chi connectivity index (χ1n) is 18.9. The van der Waals surface area contributed by atoms with Gasteiger partial charge in [-0.15, -0.1) is 11.3 Å². The molecule has 11 aromatic rings. The van der Waals surface area contributed by atoms with E-state index < -0.39 is 0 Å². The molecular weight excluding hydrogens is 701 g/mol. The first kappa shape index (κ1) is 31.2. The maximum absolute atomic E-state index is 5.33. The number of benzene rings is 9. The monoisotopic (exact) mass is 730 g/mol. The first-order chi connectivity index (χ1) is 27.7. The Bertz CT molecular complexity index is 3380. The number of rotatable bonds is 4. The van der Waals surface area contributed by atoms with Crippen molar-refractivity contribution in [2.75, 3.05) is 4.90 Å². The van der Waals surface area contributed by atoms with Gasteiger partial charge in [0.15, 0.2) is 17.5 Å². The van der Waals surface area contributed by atoms with Crippen LogP contribution in [0.3, 0.4) is 0 Å². The van der Waals surface area contributed by atoms with Crippen molar-refractivity contribution in [2.24, 2.45) is 0 Å². The Balaban J connectivity index is 1.13. The molecule has 3 heterocycles. The molecule has 0 aliphatic carbocycles. The van der Waals surface area contributed by atoms with Gasteiger partial charge in [0.1, 0.15) is 0 Å². The third-order valence-corrected chi connectivity index (χ3v) is 12.3. The second-order valence-corrected chi connectivity index (χ2v) is 15.5. The van der Waals surface area contributed by atoms with Gasteiger partial charge >= 0.3 is 0 Å². The minimum Gasteiger partial charge on any atom is -0.309 e. The molecule has 0 bridgehead atoms. The number of hydrogen-bond acceptors (Lipinski definition) is 5. The molecule has 0 spiro atoms. The normalized spacial score (nSPS) is 12.2. The third kappa shape index (κ3) is 4.75. The summed E-state index contributed by atoms with van der Waals surface area (Å²) in [6.45, 7) is 0. The van der Waals surface area contributed by atoms with Crippen molar-refractivity contribution < 1.29 is 0 Å². The second kappa shape index (κ2) is 12.2. The summed E-state index contributed by atoms with van der Waals surface area (Å²) >= 11 is 1.80. The molecule has 0 amide bonds. The molecule has 0 N–H and O–H groups in total. The topological polar surface area (TPSA) is 41.9 Å². The SMILES string of the molecule is c1ccc(-c2nc(-c3ccc4c(c3)sc3ccccc34)nc(-c3cc(N4c5c(ccc6ccccc56)-c5cccc6cccc4c56)cc4ccccc34)n2)cc1. The van der Waals surface area contributed by atoms with E-state index in [0.29, 0.717) is 17.5 Å². The molecule has 5 heteroatoms. The van der Waals surface area contributed by atoms with Crippen LogP contribution in [0.1, 0.15) is 0 Å². The molecule has 1 aliphatic heterocycles. The maximum atomic E-state index is 5.33. The van der Waals surface area contributed by atoms with Crippen molar-refractivity contribution in [1.29, 1.82) is 0 Å². The summed E-state index contributed by atoms with van der Waals surface area (Å²) in [6, 6.07) is 65.1. The van der Waals surface area contributed by atoms with Crippen molar-refractivity contribution in [3.05, 3.63) is 182 Å². The average Bonchev–Trinajstić information content (AvgIpc) is 3.64. The van der Waals surface area contributed by atoms with Gasteiger partial charge in [-0.2, -0.15) is 0 Å². The van der Waals surface area contributed by atoms with Gasteiger partial charge in [0.05, 0.1) is 11.4 Å². The summed E-state index contributed by atoms with van der Waals surface area (Å²) in [6.07, 6.45) is 0. The number of hydrogen-bond donors (Lipinski definition) is 0. The molecular formula is C51H30N4S. The van der Waals surface area contributed by atoms with Crippen LogP contribution in [0.25, 0.3) is 97.8 Å². The largest absolute Gasteiger partial charge is 0.309 e. The molecule has 0 atom stereocenters. The van der Waals surface area contributed by atoms with Crippen molar-refractivity contribution in [3.63, 3.8) is 0 Å². The van der Waals surface area contributed by atoms with Crippen LogP contribution in [0.5, 0.6) is 0 Å². The lowest BCUT2D eigenvalue weighted by molar-refractivity contribution is 1.08. The molecule has 2 aromatic heterocycles. The highest BCUT2D eigenvalue weighted by Crippen LogP contribution is 2.54. The first-order valence-corrected chi connectivity index (χ1v) is 19.7. The lowest BCUT2D eigenvalue weighted by atomic mass is 9.88. The van der Waals surface area contributed by atoms with Crippen LogP contribution in [-0.4, -0.2) is 15.0 Å². The Morgan fingerprint density at radius 3 is 1.93 bits per heavy atom. The second-order valence-electron chi connectivity index (χ2n) is 14.4. The van der Waals surface area contributed by atoms with E-state index in [2.05, 4.69) is 169 Å². The lowest BCUT2D eigenvalue weighted by Gasteiger charge is -2.35. The number of thiophene rings is 1. The fourth-order valence-electron chi connectivity index (χ4n) is 8.65. The molecule has 0 saturated carbocycles. The Morgan fingerprint density at radius 1 is 0.375 bits per heavy atom. The van der Waals surface area contributed by atoms with Gasteiger partial charge in [0.25, 0.3) is 0 Å². The Hall–Kier alpha value is -7.21. The zero-order valence-electron chi connectivity index (χ0n) is 30.0. The molecule has 0 radical (unpaired) electrons. The summed E-state index contributed by atoms with van der Waals surface area (Å²) in [5, 5.41) is 9.59. The fourth-order valence-corrected chi connectivity index (χ4v) is 9.79. The van der Waals surface area contributed by atoms with E-state index in [4.69, 9.17) is 15.0 Å². The summed E-state index contributed by atoms with van der Waals surface area (Å²) in [4.78, 5) is 18.2. The van der Waals surface area contributed by atoms with Gasteiger partial charge in [-0.25, -0.2) is 15.0 Å². The zero-order chi connectivity index (χ0) is 36.7. The predicted molar refractivity (Wildman–Crippen MR) is 235 cm³/mol. The van der Waals surface area contributed by atoms with E-state index in [1.807, 2.05) is 18.2 Å². The number of fused-ring (bicyclic) bond motifs is 8. The number of aromatic nitrogens is 3. The van der Waals surface area contributed by atoms with E-state index in [9.17, 15) is 0 Å². The van der Waals surface area contributed by atoms with Gasteiger partial charge in [-0.1, -0.05) is 152 Å². The van der Waals surface area contributed by atoms with E-state index in [1.165, 1.54) is 58.5 Å². The van der Waals surface area contributed by atoms with Crippen molar-refractivity contribution in [1.82, 2.24) is 15.0 Å². The fraction of sp³-hybridized carbons (Fsp3) is 0. The molecule has 4 nitrogen and oxygen atoms in total. The van der Waals surface area contributed by atoms with Crippen LogP contribution >= 0.6 is 11.3 Å². The third-order valence-electron chi connectivity index (χ3n) is 11.2. The predicted octanol–water partition coefficient (Wildman–Crippen LogP) is 14.2. The van der Waals surface area contributed by atoms with E-state index in [-0.39, 0.29) is 0 Å². The lowest BCUT2D eigenvalue weighted by Crippen LogP contribution is -2.16. The minimum absolute atomic E-state index is 0.636. The smallest absolute Gasteiger partial charge is 0.164 e. The van der Waals surface area contributed by atoms with Crippen molar-refractivity contribution >= 4 is 80.9 Å². The van der Waals surface area contributed by atoms with Crippen LogP contribution in [-0.2, 0) is 0 Å². The van der Waals surface area contributed by atoms with Crippen LogP contribution in [0.2, 0.25) is 0 Å². The minimum atomic E-state index is 0.636. The van der Waals surface area contributed by atoms with Crippen molar-refractivity contribution in [3.8, 4) is 45.3 Å². The highest BCUT2D eigenvalue weighted by molar-refractivity contribution is 7.25. The number of anilines is 3. The highest BCUT2D eigenvalue weighted by atomic mass is 32.1. The molecule has 56 heavy (non-hydrogen) atoms. The summed E-state index contributed by atoms with van der Waals surface area (Å²) < 4.78 is 2.49. The van der Waals surface area contributed by atoms with Gasteiger partial charge in [0.2, 0.25) is 0 Å². The average molecular weight is 731 g/mol. The maximum Gasteiger partial charge on any atom is 0.164 e. The summed E-state index contributed by atoms with van der Waals surface area (Å²) in [5.41, 5.74) is 8.71. The Kier molecular flexibility index (Phi) is 6.76. The molecule has 12 rings (SSSR count). The molecule has 9 aromatic carbocycles. The Labute approximate surface area is 326 Å². The molecule has 0 saturated heterocycles. The van der Waals surface area contributed by atoms with Crippen molar-refractivity contribution in [2.45, 2.75) is 0 Å². The molecule has 0 fully saturated rings. The van der Waals surface area contributed by atoms with Crippen LogP contribution in [0.4, 0.5) is 17.1 Å². The van der Waals surface area contributed by atoms with E-state index >= 15 is 0 Å². The highest BCUT2D eigenvalue weighted by Gasteiger charge is 2.29. The number of nitrogens with zero attached hydrogens (tertiary/aromatic N) is 4. The Morgan fingerprint density at radius 2 is 1.05 bits per heavy atom. The van der Waals surface area contributed by atoms with E-state index in [0.717, 1.165) is 38.8 Å². The van der Waals surface area contributed by atoms with Crippen LogP contribution in [0.15, 0.2) is 182 Å². The summed E-state index contributed by atoms with van der Waals surface area (Å²) in [7, 11) is 0. The van der Waals surface area contributed by atoms with Gasteiger partial charge in [-0.3, -0.25) is 0 Å². The van der Waals surface area contributed by atoms with Gasteiger partial charge in [-0.05, 0) is 57.4 Å². The summed E-state index contributed by atoms with van der Waals surface area (Å²) in [5.74, 6) is 1.93. The molecule has 1 aliphatic rings. The van der Waals surface area contributed by atoms with Gasteiger partial charge in [0, 0.05) is 58.9 Å². The van der Waals surface area contributed by atoms with E-state index in [1.54, 1.807) is 11.3 Å². The van der Waals surface area contributed by atoms with Crippen LogP contribution in [0, 0.1) is 0 Å². The van der Waals surface area contributed by atoms with Gasteiger partial charge < -0.3 is 4.90 Å².